The lowest BCUT2D eigenvalue weighted by molar-refractivity contribution is 0.187. The zero-order chi connectivity index (χ0) is 14.7. The van der Waals surface area contributed by atoms with Crippen LogP contribution in [-0.2, 0) is 0 Å². The average molecular weight is 276 g/mol. The molecule has 0 unspecified atom stereocenters. The number of aliphatic hydroxyl groups is 2. The van der Waals surface area contributed by atoms with Crippen molar-refractivity contribution in [1.82, 2.24) is 0 Å². The second kappa shape index (κ2) is 5.71. The van der Waals surface area contributed by atoms with Gasteiger partial charge in [-0.1, -0.05) is 72.8 Å². The molecule has 1 aliphatic rings. The van der Waals surface area contributed by atoms with E-state index in [1.54, 1.807) is 6.08 Å². The number of benzene rings is 2. The fourth-order valence-electron chi connectivity index (χ4n) is 2.73. The van der Waals surface area contributed by atoms with Crippen LogP contribution in [0.2, 0.25) is 0 Å². The van der Waals surface area contributed by atoms with Gasteiger partial charge in [0.25, 0.3) is 5.95 Å². The van der Waals surface area contributed by atoms with E-state index in [0.717, 1.165) is 16.7 Å². The first-order valence-corrected chi connectivity index (χ1v) is 6.88. The fraction of sp³-hybridized carbons (Fsp3) is 0.0526. The molecule has 3 rings (SSSR count). The molecule has 0 saturated heterocycles. The van der Waals surface area contributed by atoms with Crippen LogP contribution >= 0.6 is 0 Å². The van der Waals surface area contributed by atoms with Gasteiger partial charge in [0, 0.05) is 5.92 Å². The van der Waals surface area contributed by atoms with E-state index in [0.29, 0.717) is 5.57 Å². The van der Waals surface area contributed by atoms with Crippen molar-refractivity contribution in [2.75, 3.05) is 0 Å². The van der Waals surface area contributed by atoms with Crippen molar-refractivity contribution in [3.05, 3.63) is 107 Å². The molecule has 2 heteroatoms. The van der Waals surface area contributed by atoms with Gasteiger partial charge in [-0.25, -0.2) is 0 Å². The Labute approximate surface area is 124 Å². The van der Waals surface area contributed by atoms with E-state index in [2.05, 4.69) is 24.3 Å². The van der Waals surface area contributed by atoms with Crippen LogP contribution in [0.4, 0.5) is 0 Å². The van der Waals surface area contributed by atoms with Crippen molar-refractivity contribution >= 4 is 0 Å². The lowest BCUT2D eigenvalue weighted by Gasteiger charge is -2.21. The Morgan fingerprint density at radius 1 is 0.762 bits per heavy atom. The number of allylic oxidation sites excluding steroid dienone is 5. The van der Waals surface area contributed by atoms with Crippen LogP contribution in [0.25, 0.3) is 0 Å². The van der Waals surface area contributed by atoms with Crippen molar-refractivity contribution < 1.29 is 10.2 Å². The fourth-order valence-corrected chi connectivity index (χ4v) is 2.73. The molecular weight excluding hydrogens is 260 g/mol. The molecule has 2 aromatic carbocycles. The first-order chi connectivity index (χ1) is 10.3. The van der Waals surface area contributed by atoms with Gasteiger partial charge in [0.05, 0.1) is 5.57 Å². The van der Waals surface area contributed by atoms with E-state index in [1.807, 2.05) is 48.6 Å². The molecule has 0 aromatic heterocycles. The molecule has 1 aliphatic carbocycles. The normalized spacial score (nSPS) is 13.6. The molecule has 0 atom stereocenters. The van der Waals surface area contributed by atoms with Gasteiger partial charge in [-0.15, -0.1) is 0 Å². The van der Waals surface area contributed by atoms with Crippen LogP contribution in [0.15, 0.2) is 96.0 Å². The van der Waals surface area contributed by atoms with Gasteiger partial charge in [0.15, 0.2) is 0 Å². The zero-order valence-corrected chi connectivity index (χ0v) is 11.5. The lowest BCUT2D eigenvalue weighted by Crippen LogP contribution is -2.06. The second-order valence-corrected chi connectivity index (χ2v) is 4.97. The third-order valence-electron chi connectivity index (χ3n) is 3.67. The highest BCUT2D eigenvalue weighted by Crippen LogP contribution is 2.38. The van der Waals surface area contributed by atoms with Crippen molar-refractivity contribution in [2.24, 2.45) is 0 Å². The van der Waals surface area contributed by atoms with E-state index >= 15 is 0 Å². The summed E-state index contributed by atoms with van der Waals surface area (Å²) in [7, 11) is 0. The number of hydrogen-bond acceptors (Lipinski definition) is 2. The Morgan fingerprint density at radius 3 is 1.76 bits per heavy atom. The van der Waals surface area contributed by atoms with Gasteiger partial charge >= 0.3 is 0 Å². The molecule has 21 heavy (non-hydrogen) atoms. The average Bonchev–Trinajstić information content (AvgIpc) is 2.99. The Morgan fingerprint density at radius 2 is 1.29 bits per heavy atom. The Bertz CT molecular complexity index is 666. The van der Waals surface area contributed by atoms with E-state index in [4.69, 9.17) is 0 Å². The summed E-state index contributed by atoms with van der Waals surface area (Å²) in [5.74, 6) is -0.654. The molecule has 0 fully saturated rings. The van der Waals surface area contributed by atoms with Crippen LogP contribution in [0.1, 0.15) is 17.0 Å². The van der Waals surface area contributed by atoms with Gasteiger partial charge < -0.3 is 10.2 Å². The minimum absolute atomic E-state index is 0.0216. The number of rotatable bonds is 3. The predicted molar refractivity (Wildman–Crippen MR) is 84.2 cm³/mol. The van der Waals surface area contributed by atoms with Gasteiger partial charge in [-0.05, 0) is 22.8 Å². The first kappa shape index (κ1) is 13.3. The minimum atomic E-state index is -0.633. The Hall–Kier alpha value is -2.74. The van der Waals surface area contributed by atoms with Crippen LogP contribution in [0, 0.1) is 0 Å². The molecule has 0 amide bonds. The van der Waals surface area contributed by atoms with Crippen molar-refractivity contribution in [3.8, 4) is 0 Å². The monoisotopic (exact) mass is 276 g/mol. The molecule has 0 bridgehead atoms. The summed E-state index contributed by atoms with van der Waals surface area (Å²) in [5, 5.41) is 19.0. The molecule has 0 saturated carbocycles. The third kappa shape index (κ3) is 2.61. The Balaban J connectivity index is 2.13. The van der Waals surface area contributed by atoms with Crippen LogP contribution in [0.5, 0.6) is 0 Å². The highest BCUT2D eigenvalue weighted by molar-refractivity contribution is 5.57. The summed E-state index contributed by atoms with van der Waals surface area (Å²) in [4.78, 5) is 0. The molecule has 0 radical (unpaired) electrons. The van der Waals surface area contributed by atoms with E-state index < -0.39 is 5.95 Å². The third-order valence-corrected chi connectivity index (χ3v) is 3.67. The van der Waals surface area contributed by atoms with Gasteiger partial charge in [-0.3, -0.25) is 0 Å². The van der Waals surface area contributed by atoms with Crippen LogP contribution in [0.3, 0.4) is 0 Å². The van der Waals surface area contributed by atoms with Gasteiger partial charge in [-0.2, -0.15) is 0 Å². The smallest absolute Gasteiger partial charge is 0.282 e. The largest absolute Gasteiger partial charge is 0.481 e. The molecule has 104 valence electrons. The molecule has 2 N–H and O–H groups in total. The van der Waals surface area contributed by atoms with Crippen molar-refractivity contribution in [2.45, 2.75) is 5.92 Å². The SMILES string of the molecule is OC(O)=C1C=CC=C1C(c1ccccc1)c1ccccc1. The summed E-state index contributed by atoms with van der Waals surface area (Å²) in [6, 6.07) is 20.2. The van der Waals surface area contributed by atoms with E-state index in [-0.39, 0.29) is 5.92 Å². The molecule has 2 nitrogen and oxygen atoms in total. The number of aliphatic hydroxyl groups excluding tert-OH is 1. The predicted octanol–water partition coefficient (Wildman–Crippen LogP) is 4.64. The van der Waals surface area contributed by atoms with E-state index in [1.165, 1.54) is 0 Å². The molecule has 2 aromatic rings. The summed E-state index contributed by atoms with van der Waals surface area (Å²) < 4.78 is 0. The van der Waals surface area contributed by atoms with Crippen LogP contribution < -0.4 is 0 Å². The zero-order valence-electron chi connectivity index (χ0n) is 11.5. The summed E-state index contributed by atoms with van der Waals surface area (Å²) in [5.41, 5.74) is 3.62. The Kier molecular flexibility index (Phi) is 3.61. The maximum Gasteiger partial charge on any atom is 0.282 e. The molecule has 0 aliphatic heterocycles. The van der Waals surface area contributed by atoms with Crippen molar-refractivity contribution in [3.63, 3.8) is 0 Å². The summed E-state index contributed by atoms with van der Waals surface area (Å²) in [6.45, 7) is 0. The highest BCUT2D eigenvalue weighted by Gasteiger charge is 2.24. The summed E-state index contributed by atoms with van der Waals surface area (Å²) in [6.07, 6.45) is 5.51. The van der Waals surface area contributed by atoms with E-state index in [9.17, 15) is 10.2 Å². The first-order valence-electron chi connectivity index (χ1n) is 6.88. The molecule has 0 spiro atoms. The van der Waals surface area contributed by atoms with Gasteiger partial charge in [0.2, 0.25) is 0 Å². The van der Waals surface area contributed by atoms with Crippen LogP contribution in [-0.4, -0.2) is 10.2 Å². The maximum atomic E-state index is 9.51. The topological polar surface area (TPSA) is 40.5 Å². The quantitative estimate of drug-likeness (QED) is 0.802. The maximum absolute atomic E-state index is 9.51. The molecular formula is C19H16O2. The molecule has 0 heterocycles. The summed E-state index contributed by atoms with van der Waals surface area (Å²) >= 11 is 0. The highest BCUT2D eigenvalue weighted by atomic mass is 16.5. The lowest BCUT2D eigenvalue weighted by atomic mass is 9.83. The standard InChI is InChI=1S/C19H16O2/c20-19(21)17-13-7-12-16(17)18(14-8-3-1-4-9-14)15-10-5-2-6-11-15/h1-13,18,20-21H. The number of hydrogen-bond donors (Lipinski definition) is 2. The second-order valence-electron chi connectivity index (χ2n) is 4.97. The van der Waals surface area contributed by atoms with Crippen molar-refractivity contribution in [1.29, 1.82) is 0 Å². The minimum Gasteiger partial charge on any atom is -0.481 e. The van der Waals surface area contributed by atoms with Gasteiger partial charge in [0.1, 0.15) is 0 Å².